The molecule has 0 heterocycles. The van der Waals surface area contributed by atoms with E-state index >= 15 is 0 Å². The van der Waals surface area contributed by atoms with E-state index < -0.39 is 26.1 Å². The van der Waals surface area contributed by atoms with Crippen molar-refractivity contribution in [2.45, 2.75) is 37.5 Å². The lowest BCUT2D eigenvalue weighted by Gasteiger charge is -2.17. The molecule has 2 amide bonds. The summed E-state index contributed by atoms with van der Waals surface area (Å²) < 4.78 is 55.5. The predicted molar refractivity (Wildman–Crippen MR) is 128 cm³/mol. The third-order valence-corrected chi connectivity index (χ3v) is 7.87. The summed E-state index contributed by atoms with van der Waals surface area (Å²) in [6.45, 7) is 7.12. The highest BCUT2D eigenvalue weighted by atomic mass is 32.2. The van der Waals surface area contributed by atoms with Gasteiger partial charge in [0.15, 0.2) is 0 Å². The number of anilines is 2. The monoisotopic (exact) mass is 487 g/mol. The molecule has 10 heteroatoms. The van der Waals surface area contributed by atoms with Gasteiger partial charge in [-0.2, -0.15) is 0 Å². The number of hydrogen-bond donors (Lipinski definition) is 3. The second-order valence-electron chi connectivity index (χ2n) is 7.75. The molecule has 3 N–H and O–H groups in total. The van der Waals surface area contributed by atoms with Crippen LogP contribution in [-0.2, 0) is 20.0 Å². The fraction of sp³-hybridized carbons (Fsp3) is 0.174. The summed E-state index contributed by atoms with van der Waals surface area (Å²) in [6.07, 6.45) is 0. The first-order chi connectivity index (χ1) is 15.4. The first-order valence-corrected chi connectivity index (χ1v) is 13.0. The maximum atomic E-state index is 13.1. The Kier molecular flexibility index (Phi) is 6.80. The SMILES string of the molecule is Cc1ccc(S(=O)(=O)NC(=O)Nc2ccccc2NS(=O)(=O)c2c(C)cc(C)cc2C)cc1. The van der Waals surface area contributed by atoms with Gasteiger partial charge in [0.25, 0.3) is 20.0 Å². The van der Waals surface area contributed by atoms with E-state index in [1.54, 1.807) is 50.2 Å². The second kappa shape index (κ2) is 9.24. The van der Waals surface area contributed by atoms with Crippen molar-refractivity contribution in [3.63, 3.8) is 0 Å². The Morgan fingerprint density at radius 3 is 1.82 bits per heavy atom. The Labute approximate surface area is 194 Å². The molecule has 174 valence electrons. The molecule has 0 fully saturated rings. The highest BCUT2D eigenvalue weighted by Crippen LogP contribution is 2.28. The van der Waals surface area contributed by atoms with E-state index in [4.69, 9.17) is 0 Å². The van der Waals surface area contributed by atoms with Crippen molar-refractivity contribution in [3.8, 4) is 0 Å². The molecule has 0 radical (unpaired) electrons. The summed E-state index contributed by atoms with van der Waals surface area (Å²) in [4.78, 5) is 12.5. The fourth-order valence-electron chi connectivity index (χ4n) is 3.51. The highest BCUT2D eigenvalue weighted by molar-refractivity contribution is 7.92. The maximum absolute atomic E-state index is 13.1. The van der Waals surface area contributed by atoms with Crippen LogP contribution in [0.2, 0.25) is 0 Å². The average Bonchev–Trinajstić information content (AvgIpc) is 2.68. The Morgan fingerprint density at radius 1 is 0.697 bits per heavy atom. The zero-order valence-corrected chi connectivity index (χ0v) is 20.3. The molecule has 0 saturated heterocycles. The lowest BCUT2D eigenvalue weighted by atomic mass is 10.1. The molecule has 0 aliphatic rings. The van der Waals surface area contributed by atoms with E-state index in [9.17, 15) is 21.6 Å². The zero-order valence-electron chi connectivity index (χ0n) is 18.6. The van der Waals surface area contributed by atoms with Crippen LogP contribution in [0, 0.1) is 27.7 Å². The van der Waals surface area contributed by atoms with E-state index in [1.165, 1.54) is 24.3 Å². The molecular weight excluding hydrogens is 462 g/mol. The van der Waals surface area contributed by atoms with Crippen molar-refractivity contribution in [2.75, 3.05) is 10.0 Å². The van der Waals surface area contributed by atoms with Gasteiger partial charge in [-0.25, -0.2) is 26.4 Å². The van der Waals surface area contributed by atoms with Crippen LogP contribution in [0.4, 0.5) is 16.2 Å². The highest BCUT2D eigenvalue weighted by Gasteiger charge is 2.22. The van der Waals surface area contributed by atoms with Gasteiger partial charge in [0, 0.05) is 0 Å². The van der Waals surface area contributed by atoms with Crippen LogP contribution in [0.1, 0.15) is 22.3 Å². The molecule has 0 saturated carbocycles. The average molecular weight is 488 g/mol. The summed E-state index contributed by atoms with van der Waals surface area (Å²) in [6, 6.07) is 14.7. The Morgan fingerprint density at radius 2 is 1.24 bits per heavy atom. The molecule has 0 unspecified atom stereocenters. The molecule has 8 nitrogen and oxygen atoms in total. The lowest BCUT2D eigenvalue weighted by molar-refractivity contribution is 0.256. The van der Waals surface area contributed by atoms with Crippen molar-refractivity contribution < 1.29 is 21.6 Å². The van der Waals surface area contributed by atoms with Crippen LogP contribution in [0.15, 0.2) is 70.5 Å². The molecule has 3 rings (SSSR count). The van der Waals surface area contributed by atoms with Crippen LogP contribution in [0.5, 0.6) is 0 Å². The second-order valence-corrected chi connectivity index (χ2v) is 11.1. The lowest BCUT2D eigenvalue weighted by Crippen LogP contribution is -2.34. The fourth-order valence-corrected chi connectivity index (χ4v) is 5.96. The molecule has 0 aliphatic carbocycles. The number of urea groups is 1. The molecule has 0 aromatic heterocycles. The third kappa shape index (κ3) is 5.71. The molecule has 0 bridgehead atoms. The van der Waals surface area contributed by atoms with Gasteiger partial charge in [-0.1, -0.05) is 47.5 Å². The maximum Gasteiger partial charge on any atom is 0.333 e. The predicted octanol–water partition coefficient (Wildman–Crippen LogP) is 4.23. The number of sulfonamides is 2. The molecule has 3 aromatic carbocycles. The number of carbonyl (C=O) groups excluding carboxylic acids is 1. The zero-order chi connectivity index (χ0) is 24.4. The smallest absolute Gasteiger partial charge is 0.305 e. The van der Waals surface area contributed by atoms with E-state index in [0.717, 1.165) is 11.1 Å². The topological polar surface area (TPSA) is 121 Å². The first kappa shape index (κ1) is 24.3. The van der Waals surface area contributed by atoms with Gasteiger partial charge in [-0.05, 0) is 63.1 Å². The Hall–Kier alpha value is -3.37. The molecular formula is C23H25N3O5S2. The summed E-state index contributed by atoms with van der Waals surface area (Å²) in [5.74, 6) is 0. The van der Waals surface area contributed by atoms with E-state index in [2.05, 4.69) is 10.0 Å². The number of aryl methyl sites for hydroxylation is 4. The van der Waals surface area contributed by atoms with Gasteiger partial charge < -0.3 is 5.32 Å². The van der Waals surface area contributed by atoms with E-state index in [-0.39, 0.29) is 21.2 Å². The van der Waals surface area contributed by atoms with Crippen molar-refractivity contribution >= 4 is 37.5 Å². The van der Waals surface area contributed by atoms with Crippen molar-refractivity contribution in [2.24, 2.45) is 0 Å². The number of amides is 2. The van der Waals surface area contributed by atoms with Crippen molar-refractivity contribution in [1.29, 1.82) is 0 Å². The molecule has 0 aliphatic heterocycles. The molecule has 0 spiro atoms. The van der Waals surface area contributed by atoms with E-state index in [0.29, 0.717) is 11.1 Å². The van der Waals surface area contributed by atoms with E-state index in [1.807, 2.05) is 18.6 Å². The number of benzene rings is 3. The quantitative estimate of drug-likeness (QED) is 0.480. The summed E-state index contributed by atoms with van der Waals surface area (Å²) in [5, 5.41) is 2.40. The minimum atomic E-state index is -4.10. The Bertz CT molecular complexity index is 1390. The first-order valence-electron chi connectivity index (χ1n) is 9.99. The molecule has 0 atom stereocenters. The van der Waals surface area contributed by atoms with Crippen molar-refractivity contribution in [3.05, 3.63) is 82.9 Å². The minimum absolute atomic E-state index is 0.0671. The molecule has 3 aromatic rings. The number of rotatable bonds is 6. The van der Waals surface area contributed by atoms with Crippen LogP contribution in [0.25, 0.3) is 0 Å². The normalized spacial score (nSPS) is 11.6. The van der Waals surface area contributed by atoms with Gasteiger partial charge in [0.05, 0.1) is 21.2 Å². The molecule has 33 heavy (non-hydrogen) atoms. The van der Waals surface area contributed by atoms with Crippen LogP contribution < -0.4 is 14.8 Å². The number of para-hydroxylation sites is 2. The van der Waals surface area contributed by atoms with Gasteiger partial charge in [0.1, 0.15) is 0 Å². The number of hydrogen-bond acceptors (Lipinski definition) is 5. The summed E-state index contributed by atoms with van der Waals surface area (Å²) in [5.41, 5.74) is 3.19. The number of nitrogens with one attached hydrogen (secondary N) is 3. The standard InChI is InChI=1S/C23H25N3O5S2/c1-15-9-11-19(12-10-15)32(28,29)26-23(27)24-20-7-5-6-8-21(20)25-33(30,31)22-17(3)13-16(2)14-18(22)4/h5-14,25H,1-4H3,(H2,24,26,27). The number of carbonyl (C=O) groups is 1. The van der Waals surface area contributed by atoms with Gasteiger partial charge >= 0.3 is 6.03 Å². The minimum Gasteiger partial charge on any atom is -0.305 e. The van der Waals surface area contributed by atoms with Gasteiger partial charge in [-0.3, -0.25) is 4.72 Å². The van der Waals surface area contributed by atoms with Crippen LogP contribution in [-0.4, -0.2) is 22.9 Å². The van der Waals surface area contributed by atoms with Crippen LogP contribution in [0.3, 0.4) is 0 Å². The van der Waals surface area contributed by atoms with Gasteiger partial charge in [0.2, 0.25) is 0 Å². The summed E-state index contributed by atoms with van der Waals surface area (Å²) in [7, 11) is -8.08. The Balaban J connectivity index is 1.84. The summed E-state index contributed by atoms with van der Waals surface area (Å²) >= 11 is 0. The van der Waals surface area contributed by atoms with Crippen molar-refractivity contribution in [1.82, 2.24) is 4.72 Å². The third-order valence-electron chi connectivity index (χ3n) is 4.85. The largest absolute Gasteiger partial charge is 0.333 e. The van der Waals surface area contributed by atoms with Gasteiger partial charge in [-0.15, -0.1) is 0 Å². The van der Waals surface area contributed by atoms with Crippen LogP contribution >= 0.6 is 0 Å².